The third-order valence-electron chi connectivity index (χ3n) is 2.11. The molecule has 5 heteroatoms. The molecule has 2 nitrogen and oxygen atoms in total. The lowest BCUT2D eigenvalue weighted by atomic mass is 10.2. The Morgan fingerprint density at radius 1 is 1.44 bits per heavy atom. The standard InChI is InChI=1S/C11H10BrClN2S/c1-7(10-2-3-11(13)16-10)15-9-4-8(12)5-14-6-9/h2-7,15H,1H3. The van der Waals surface area contributed by atoms with Crippen LogP contribution >= 0.6 is 38.9 Å². The molecule has 0 aliphatic carbocycles. The summed E-state index contributed by atoms with van der Waals surface area (Å²) in [6, 6.07) is 6.18. The zero-order valence-corrected chi connectivity index (χ0v) is 11.7. The van der Waals surface area contributed by atoms with E-state index in [1.807, 2.05) is 18.2 Å². The normalized spacial score (nSPS) is 12.4. The molecule has 1 unspecified atom stereocenters. The Morgan fingerprint density at radius 2 is 2.25 bits per heavy atom. The lowest BCUT2D eigenvalue weighted by Crippen LogP contribution is -2.04. The monoisotopic (exact) mass is 316 g/mol. The summed E-state index contributed by atoms with van der Waals surface area (Å²) < 4.78 is 1.78. The molecule has 2 aromatic heterocycles. The SMILES string of the molecule is CC(Nc1cncc(Br)c1)c1ccc(Cl)s1. The van der Waals surface area contributed by atoms with Crippen molar-refractivity contribution in [3.05, 3.63) is 44.3 Å². The smallest absolute Gasteiger partial charge is 0.0932 e. The van der Waals surface area contributed by atoms with E-state index < -0.39 is 0 Å². The number of aromatic nitrogens is 1. The van der Waals surface area contributed by atoms with E-state index in [0.717, 1.165) is 14.5 Å². The molecule has 0 spiro atoms. The zero-order chi connectivity index (χ0) is 11.5. The van der Waals surface area contributed by atoms with E-state index in [1.165, 1.54) is 4.88 Å². The van der Waals surface area contributed by atoms with Crippen molar-refractivity contribution in [1.82, 2.24) is 4.98 Å². The molecule has 0 aliphatic rings. The third-order valence-corrected chi connectivity index (χ3v) is 3.96. The first-order chi connectivity index (χ1) is 7.65. The molecule has 16 heavy (non-hydrogen) atoms. The fourth-order valence-electron chi connectivity index (χ4n) is 1.37. The van der Waals surface area contributed by atoms with E-state index >= 15 is 0 Å². The number of hydrogen-bond donors (Lipinski definition) is 1. The van der Waals surface area contributed by atoms with E-state index in [4.69, 9.17) is 11.6 Å². The lowest BCUT2D eigenvalue weighted by molar-refractivity contribution is 0.905. The molecular formula is C11H10BrClN2S. The summed E-state index contributed by atoms with van der Waals surface area (Å²) in [6.07, 6.45) is 3.56. The van der Waals surface area contributed by atoms with Crippen molar-refractivity contribution < 1.29 is 0 Å². The number of anilines is 1. The predicted molar refractivity (Wildman–Crippen MR) is 73.3 cm³/mol. The topological polar surface area (TPSA) is 24.9 Å². The van der Waals surface area contributed by atoms with Crippen molar-refractivity contribution in [2.75, 3.05) is 5.32 Å². The number of pyridine rings is 1. The van der Waals surface area contributed by atoms with Crippen molar-refractivity contribution in [2.45, 2.75) is 13.0 Å². The predicted octanol–water partition coefficient (Wildman–Crippen LogP) is 4.73. The van der Waals surface area contributed by atoms with Gasteiger partial charge in [0.1, 0.15) is 0 Å². The fourth-order valence-corrected chi connectivity index (χ4v) is 2.80. The summed E-state index contributed by atoms with van der Waals surface area (Å²) in [4.78, 5) is 5.32. The summed E-state index contributed by atoms with van der Waals surface area (Å²) in [5.41, 5.74) is 0.992. The van der Waals surface area contributed by atoms with Crippen LogP contribution in [0.2, 0.25) is 4.34 Å². The lowest BCUT2D eigenvalue weighted by Gasteiger charge is -2.13. The van der Waals surface area contributed by atoms with Crippen LogP contribution in [0.4, 0.5) is 5.69 Å². The summed E-state index contributed by atoms with van der Waals surface area (Å²) in [5, 5.41) is 3.37. The van der Waals surface area contributed by atoms with E-state index in [9.17, 15) is 0 Å². The molecule has 0 amide bonds. The maximum absolute atomic E-state index is 5.90. The minimum Gasteiger partial charge on any atom is -0.376 e. The van der Waals surface area contributed by atoms with Crippen LogP contribution in [-0.4, -0.2) is 4.98 Å². The van der Waals surface area contributed by atoms with Crippen LogP contribution in [0.15, 0.2) is 35.1 Å². The molecule has 0 saturated heterocycles. The molecule has 0 aromatic carbocycles. The first kappa shape index (κ1) is 11.9. The molecule has 2 rings (SSSR count). The molecule has 2 aromatic rings. The fraction of sp³-hybridized carbons (Fsp3) is 0.182. The van der Waals surface area contributed by atoms with Gasteiger partial charge in [0.15, 0.2) is 0 Å². The molecule has 1 N–H and O–H groups in total. The van der Waals surface area contributed by atoms with Crippen molar-refractivity contribution in [3.63, 3.8) is 0 Å². The van der Waals surface area contributed by atoms with Gasteiger partial charge in [-0.2, -0.15) is 0 Å². The Bertz CT molecular complexity index is 486. The van der Waals surface area contributed by atoms with Crippen LogP contribution in [0.1, 0.15) is 17.8 Å². The Hall–Kier alpha value is -0.580. The van der Waals surface area contributed by atoms with Crippen LogP contribution < -0.4 is 5.32 Å². The number of rotatable bonds is 3. The minimum atomic E-state index is 0.230. The van der Waals surface area contributed by atoms with Gasteiger partial charge >= 0.3 is 0 Å². The van der Waals surface area contributed by atoms with Gasteiger partial charge in [-0.15, -0.1) is 11.3 Å². The Balaban J connectivity index is 2.10. The average Bonchev–Trinajstić information content (AvgIpc) is 2.65. The van der Waals surface area contributed by atoms with Gasteiger partial charge in [0.25, 0.3) is 0 Å². The quantitative estimate of drug-likeness (QED) is 0.885. The second-order valence-electron chi connectivity index (χ2n) is 3.40. The van der Waals surface area contributed by atoms with Crippen LogP contribution in [0, 0.1) is 0 Å². The van der Waals surface area contributed by atoms with Crippen LogP contribution in [0.5, 0.6) is 0 Å². The van der Waals surface area contributed by atoms with Crippen molar-refractivity contribution in [3.8, 4) is 0 Å². The molecular weight excluding hydrogens is 308 g/mol. The maximum atomic E-state index is 5.90. The van der Waals surface area contributed by atoms with Crippen LogP contribution in [0.25, 0.3) is 0 Å². The van der Waals surface area contributed by atoms with E-state index in [-0.39, 0.29) is 6.04 Å². The Kier molecular flexibility index (Phi) is 3.84. The highest BCUT2D eigenvalue weighted by Gasteiger charge is 2.08. The third kappa shape index (κ3) is 2.97. The summed E-state index contributed by atoms with van der Waals surface area (Å²) in [5.74, 6) is 0. The van der Waals surface area contributed by atoms with Gasteiger partial charge in [-0.3, -0.25) is 4.98 Å². The highest BCUT2D eigenvalue weighted by molar-refractivity contribution is 9.10. The van der Waals surface area contributed by atoms with E-state index in [1.54, 1.807) is 23.7 Å². The van der Waals surface area contributed by atoms with Gasteiger partial charge in [0.2, 0.25) is 0 Å². The van der Waals surface area contributed by atoms with Gasteiger partial charge in [-0.25, -0.2) is 0 Å². The van der Waals surface area contributed by atoms with Gasteiger partial charge in [0, 0.05) is 15.5 Å². The summed E-state index contributed by atoms with van der Waals surface area (Å²) in [7, 11) is 0. The van der Waals surface area contributed by atoms with E-state index in [2.05, 4.69) is 33.2 Å². The highest BCUT2D eigenvalue weighted by atomic mass is 79.9. The molecule has 0 bridgehead atoms. The summed E-state index contributed by atoms with van der Waals surface area (Å²) in [6.45, 7) is 2.10. The molecule has 0 saturated carbocycles. The molecule has 2 heterocycles. The molecule has 0 fully saturated rings. The number of nitrogens with one attached hydrogen (secondary N) is 1. The van der Waals surface area contributed by atoms with Gasteiger partial charge < -0.3 is 5.32 Å². The molecule has 84 valence electrons. The molecule has 1 atom stereocenters. The molecule has 0 radical (unpaired) electrons. The second-order valence-corrected chi connectivity index (χ2v) is 6.06. The Labute approximate surface area is 112 Å². The van der Waals surface area contributed by atoms with Crippen molar-refractivity contribution >= 4 is 44.6 Å². The van der Waals surface area contributed by atoms with Gasteiger partial charge in [-0.1, -0.05) is 11.6 Å². The van der Waals surface area contributed by atoms with Crippen molar-refractivity contribution in [1.29, 1.82) is 0 Å². The minimum absolute atomic E-state index is 0.230. The van der Waals surface area contributed by atoms with Crippen LogP contribution in [0.3, 0.4) is 0 Å². The molecule has 0 aliphatic heterocycles. The number of thiophene rings is 1. The number of nitrogens with zero attached hydrogens (tertiary/aromatic N) is 1. The zero-order valence-electron chi connectivity index (χ0n) is 8.58. The van der Waals surface area contributed by atoms with E-state index in [0.29, 0.717) is 0 Å². The van der Waals surface area contributed by atoms with Gasteiger partial charge in [-0.05, 0) is 41.1 Å². The Morgan fingerprint density at radius 3 is 2.88 bits per heavy atom. The van der Waals surface area contributed by atoms with Gasteiger partial charge in [0.05, 0.1) is 22.3 Å². The highest BCUT2D eigenvalue weighted by Crippen LogP contribution is 2.29. The second kappa shape index (κ2) is 5.17. The largest absolute Gasteiger partial charge is 0.376 e. The van der Waals surface area contributed by atoms with Crippen LogP contribution in [-0.2, 0) is 0 Å². The maximum Gasteiger partial charge on any atom is 0.0932 e. The van der Waals surface area contributed by atoms with Crippen molar-refractivity contribution in [2.24, 2.45) is 0 Å². The number of hydrogen-bond acceptors (Lipinski definition) is 3. The summed E-state index contributed by atoms with van der Waals surface area (Å²) >= 11 is 10.9. The first-order valence-electron chi connectivity index (χ1n) is 4.77. The number of halogens is 2. The average molecular weight is 318 g/mol. The first-order valence-corrected chi connectivity index (χ1v) is 6.76.